The third kappa shape index (κ3) is 5.23. The number of hydrogen-bond donors (Lipinski definition) is 2. The number of halogens is 3. The average Bonchev–Trinajstić information content (AvgIpc) is 2.74. The predicted molar refractivity (Wildman–Crippen MR) is 106 cm³/mol. The molecule has 5 nitrogen and oxygen atoms in total. The van der Waals surface area contributed by atoms with E-state index in [0.29, 0.717) is 17.0 Å². The van der Waals surface area contributed by atoms with Gasteiger partial charge >= 0.3 is 6.18 Å². The summed E-state index contributed by atoms with van der Waals surface area (Å²) < 4.78 is 44.5. The largest absolute Gasteiger partial charge is 0.497 e. The Bertz CT molecular complexity index is 928. The average molecular weight is 417 g/mol. The quantitative estimate of drug-likeness (QED) is 0.737. The Labute approximate surface area is 172 Å². The van der Waals surface area contributed by atoms with Gasteiger partial charge in [0.2, 0.25) is 0 Å². The van der Waals surface area contributed by atoms with E-state index in [9.17, 15) is 18.0 Å². The van der Waals surface area contributed by atoms with E-state index in [1.54, 1.807) is 37.4 Å². The summed E-state index contributed by atoms with van der Waals surface area (Å²) in [5.41, 5.74) is -0.436. The van der Waals surface area contributed by atoms with Crippen LogP contribution < -0.4 is 15.4 Å². The fourth-order valence-electron chi connectivity index (χ4n) is 3.59. The number of rotatable bonds is 5. The van der Waals surface area contributed by atoms with Crippen molar-refractivity contribution in [2.75, 3.05) is 12.4 Å². The Morgan fingerprint density at radius 1 is 1.07 bits per heavy atom. The normalized spacial score (nSPS) is 18.9. The maximum atomic E-state index is 13.1. The van der Waals surface area contributed by atoms with E-state index in [1.165, 1.54) is 12.1 Å². The van der Waals surface area contributed by atoms with Crippen LogP contribution in [0.25, 0.3) is 0 Å². The van der Waals surface area contributed by atoms with Gasteiger partial charge in [0, 0.05) is 23.3 Å². The molecule has 1 fully saturated rings. The Balaban J connectivity index is 1.54. The second-order valence-electron chi connectivity index (χ2n) is 7.26. The van der Waals surface area contributed by atoms with Gasteiger partial charge < -0.3 is 15.4 Å². The van der Waals surface area contributed by atoms with Crippen molar-refractivity contribution in [1.29, 1.82) is 5.26 Å². The van der Waals surface area contributed by atoms with Crippen molar-refractivity contribution >= 4 is 11.6 Å². The van der Waals surface area contributed by atoms with Gasteiger partial charge in [-0.2, -0.15) is 18.4 Å². The highest BCUT2D eigenvalue weighted by atomic mass is 19.4. The smallest absolute Gasteiger partial charge is 0.417 e. The fraction of sp³-hybridized carbons (Fsp3) is 0.364. The van der Waals surface area contributed by atoms with Crippen LogP contribution in [0, 0.1) is 11.3 Å². The minimum atomic E-state index is -4.58. The van der Waals surface area contributed by atoms with Crippen LogP contribution in [0.4, 0.5) is 18.9 Å². The maximum absolute atomic E-state index is 13.1. The molecule has 2 aromatic rings. The van der Waals surface area contributed by atoms with Crippen LogP contribution in [0.5, 0.6) is 5.75 Å². The Hall–Kier alpha value is -3.21. The highest BCUT2D eigenvalue weighted by Crippen LogP contribution is 2.34. The maximum Gasteiger partial charge on any atom is 0.417 e. The minimum Gasteiger partial charge on any atom is -0.497 e. The van der Waals surface area contributed by atoms with Crippen LogP contribution in [0.1, 0.15) is 47.2 Å². The van der Waals surface area contributed by atoms with Crippen molar-refractivity contribution in [2.45, 2.75) is 43.9 Å². The van der Waals surface area contributed by atoms with E-state index in [0.717, 1.165) is 31.7 Å². The lowest BCUT2D eigenvalue weighted by Crippen LogP contribution is -2.40. The van der Waals surface area contributed by atoms with Gasteiger partial charge in [-0.15, -0.1) is 0 Å². The number of alkyl halides is 3. The molecular weight excluding hydrogens is 395 g/mol. The lowest BCUT2D eigenvalue weighted by molar-refractivity contribution is -0.137. The molecule has 0 unspecified atom stereocenters. The highest BCUT2D eigenvalue weighted by Gasteiger charge is 2.34. The van der Waals surface area contributed by atoms with Crippen LogP contribution in [0.15, 0.2) is 42.5 Å². The first-order chi connectivity index (χ1) is 14.3. The zero-order chi connectivity index (χ0) is 21.7. The first-order valence-corrected chi connectivity index (χ1v) is 9.63. The van der Waals surface area contributed by atoms with Gasteiger partial charge in [-0.25, -0.2) is 0 Å². The molecule has 8 heteroatoms. The number of nitrogens with zero attached hydrogens (tertiary/aromatic N) is 1. The molecule has 0 aliphatic heterocycles. The number of carbonyl (C=O) groups excluding carboxylic acids is 1. The van der Waals surface area contributed by atoms with E-state index in [-0.39, 0.29) is 18.0 Å². The van der Waals surface area contributed by atoms with Gasteiger partial charge in [0.05, 0.1) is 24.3 Å². The summed E-state index contributed by atoms with van der Waals surface area (Å²) in [6.07, 6.45) is -1.69. The Morgan fingerprint density at radius 3 is 2.27 bits per heavy atom. The van der Waals surface area contributed by atoms with E-state index >= 15 is 0 Å². The van der Waals surface area contributed by atoms with Crippen molar-refractivity contribution in [3.05, 3.63) is 59.2 Å². The van der Waals surface area contributed by atoms with Crippen molar-refractivity contribution in [2.24, 2.45) is 0 Å². The number of benzene rings is 2. The molecule has 30 heavy (non-hydrogen) atoms. The zero-order valence-electron chi connectivity index (χ0n) is 16.4. The number of methoxy groups -OCH3 is 1. The van der Waals surface area contributed by atoms with Gasteiger partial charge in [0.25, 0.3) is 5.91 Å². The first kappa shape index (κ1) is 21.5. The van der Waals surface area contributed by atoms with Gasteiger partial charge in [-0.05, 0) is 68.1 Å². The summed E-state index contributed by atoms with van der Waals surface area (Å²) in [5.74, 6) is 0.519. The molecule has 0 atom stereocenters. The number of carbonyl (C=O) groups is 1. The van der Waals surface area contributed by atoms with Crippen molar-refractivity contribution in [3.8, 4) is 11.8 Å². The van der Waals surface area contributed by atoms with Gasteiger partial charge in [0.1, 0.15) is 5.75 Å². The molecule has 1 aliphatic rings. The summed E-state index contributed by atoms with van der Waals surface area (Å²) in [7, 11) is 1.56. The topological polar surface area (TPSA) is 74.2 Å². The van der Waals surface area contributed by atoms with Gasteiger partial charge in [0.15, 0.2) is 0 Å². The molecule has 158 valence electrons. The fourth-order valence-corrected chi connectivity index (χ4v) is 3.59. The summed E-state index contributed by atoms with van der Waals surface area (Å²) in [6.45, 7) is 0. The molecule has 2 N–H and O–H groups in total. The van der Waals surface area contributed by atoms with Crippen LogP contribution in [-0.2, 0) is 6.18 Å². The molecule has 3 rings (SSSR count). The molecule has 1 aliphatic carbocycles. The second-order valence-corrected chi connectivity index (χ2v) is 7.26. The third-order valence-corrected chi connectivity index (χ3v) is 5.23. The number of nitriles is 1. The molecular formula is C22H22F3N3O2. The lowest BCUT2D eigenvalue weighted by atomic mass is 9.90. The second kappa shape index (κ2) is 9.08. The summed E-state index contributed by atoms with van der Waals surface area (Å²) in [6, 6.07) is 12.1. The molecule has 1 saturated carbocycles. The summed E-state index contributed by atoms with van der Waals surface area (Å²) in [4.78, 5) is 12.4. The molecule has 0 heterocycles. The van der Waals surface area contributed by atoms with E-state index in [1.807, 2.05) is 0 Å². The van der Waals surface area contributed by atoms with Gasteiger partial charge in [-0.1, -0.05) is 0 Å². The van der Waals surface area contributed by atoms with Crippen molar-refractivity contribution < 1.29 is 22.7 Å². The minimum absolute atomic E-state index is 0.00755. The van der Waals surface area contributed by atoms with Crippen LogP contribution >= 0.6 is 0 Å². The van der Waals surface area contributed by atoms with Crippen molar-refractivity contribution in [3.63, 3.8) is 0 Å². The van der Waals surface area contributed by atoms with E-state index < -0.39 is 17.3 Å². The molecule has 0 spiro atoms. The Kier molecular flexibility index (Phi) is 6.50. The number of amides is 1. The molecule has 0 radical (unpaired) electrons. The monoisotopic (exact) mass is 417 g/mol. The number of hydrogen-bond acceptors (Lipinski definition) is 4. The molecule has 0 bridgehead atoms. The van der Waals surface area contributed by atoms with Crippen LogP contribution in [-0.4, -0.2) is 25.1 Å². The van der Waals surface area contributed by atoms with E-state index in [2.05, 4.69) is 10.6 Å². The highest BCUT2D eigenvalue weighted by molar-refractivity contribution is 5.94. The molecule has 1 amide bonds. The number of anilines is 1. The molecule has 0 saturated heterocycles. The predicted octanol–water partition coefficient (Wildman–Crippen LogP) is 4.74. The first-order valence-electron chi connectivity index (χ1n) is 9.63. The number of ether oxygens (including phenoxy) is 1. The zero-order valence-corrected chi connectivity index (χ0v) is 16.4. The van der Waals surface area contributed by atoms with E-state index in [4.69, 9.17) is 10.00 Å². The van der Waals surface area contributed by atoms with Crippen LogP contribution in [0.2, 0.25) is 0 Å². The molecule has 0 aromatic heterocycles. The SMILES string of the molecule is COc1ccc(C(=O)NC2CCC(Nc3ccc(C#N)c(C(F)(F)F)c3)CC2)cc1. The third-order valence-electron chi connectivity index (χ3n) is 5.23. The van der Waals surface area contributed by atoms with Crippen LogP contribution in [0.3, 0.4) is 0 Å². The number of nitrogens with one attached hydrogen (secondary N) is 2. The summed E-state index contributed by atoms with van der Waals surface area (Å²) in [5, 5.41) is 15.0. The molecule has 2 aromatic carbocycles. The lowest BCUT2D eigenvalue weighted by Gasteiger charge is -2.30. The Morgan fingerprint density at radius 2 is 1.70 bits per heavy atom. The standard InChI is InChI=1S/C22H22F3N3O2/c1-30-19-10-3-14(4-11-19)21(29)28-17-8-6-16(7-9-17)27-18-5-2-15(13-26)20(12-18)22(23,24)25/h2-5,10-12,16-17,27H,6-9H2,1H3,(H,28,29). The van der Waals surface area contributed by atoms with Crippen molar-refractivity contribution in [1.82, 2.24) is 5.32 Å². The summed E-state index contributed by atoms with van der Waals surface area (Å²) >= 11 is 0. The van der Waals surface area contributed by atoms with Gasteiger partial charge in [-0.3, -0.25) is 4.79 Å².